The van der Waals surface area contributed by atoms with Gasteiger partial charge in [0.25, 0.3) is 0 Å². The van der Waals surface area contributed by atoms with Crippen LogP contribution >= 0.6 is 0 Å². The molecule has 2 nitrogen and oxygen atoms in total. The fraction of sp³-hybridized carbons (Fsp3) is 0.778. The van der Waals surface area contributed by atoms with Crippen LogP contribution < -0.4 is 5.32 Å². The molecular formula is C9H17NOS. The molecule has 3 heteroatoms. The minimum atomic E-state index is -0.697. The summed E-state index contributed by atoms with van der Waals surface area (Å²) in [6.45, 7) is 6.30. The Morgan fingerprint density at radius 3 is 2.58 bits per heavy atom. The number of hydrogen-bond donors (Lipinski definition) is 1. The quantitative estimate of drug-likeness (QED) is 0.677. The molecule has 0 radical (unpaired) electrons. The zero-order valence-electron chi connectivity index (χ0n) is 8.02. The zero-order chi connectivity index (χ0) is 9.19. The van der Waals surface area contributed by atoms with E-state index in [-0.39, 0.29) is 5.54 Å². The molecule has 0 aromatic heterocycles. The van der Waals surface area contributed by atoms with Gasteiger partial charge in [-0.25, -0.2) is 0 Å². The summed E-state index contributed by atoms with van der Waals surface area (Å²) in [4.78, 5) is 1.07. The minimum Gasteiger partial charge on any atom is -0.386 e. The van der Waals surface area contributed by atoms with Crippen LogP contribution in [0.1, 0.15) is 33.6 Å². The van der Waals surface area contributed by atoms with Crippen LogP contribution in [-0.4, -0.2) is 15.5 Å². The van der Waals surface area contributed by atoms with Gasteiger partial charge in [-0.1, -0.05) is 0 Å². The Hall–Kier alpha value is -0.310. The van der Waals surface area contributed by atoms with Crippen molar-refractivity contribution in [2.24, 2.45) is 0 Å². The summed E-state index contributed by atoms with van der Waals surface area (Å²) in [5.74, 6) is 0.845. The highest BCUT2D eigenvalue weighted by Gasteiger charge is 2.16. The van der Waals surface area contributed by atoms with Crippen molar-refractivity contribution < 1.29 is 4.21 Å². The van der Waals surface area contributed by atoms with Gasteiger partial charge in [0.05, 0.1) is 10.8 Å². The Morgan fingerprint density at radius 1 is 1.50 bits per heavy atom. The minimum absolute atomic E-state index is 0.0831. The van der Waals surface area contributed by atoms with Gasteiger partial charge >= 0.3 is 0 Å². The fourth-order valence-corrected chi connectivity index (χ4v) is 2.29. The molecule has 0 aliphatic carbocycles. The first kappa shape index (κ1) is 9.78. The molecule has 1 saturated heterocycles. The van der Waals surface area contributed by atoms with Crippen LogP contribution in [0.4, 0.5) is 0 Å². The van der Waals surface area contributed by atoms with Crippen molar-refractivity contribution in [2.75, 3.05) is 5.75 Å². The third-order valence-corrected chi connectivity index (χ3v) is 3.28. The molecular weight excluding hydrogens is 170 g/mol. The molecule has 0 bridgehead atoms. The second-order valence-corrected chi connectivity index (χ2v) is 5.78. The summed E-state index contributed by atoms with van der Waals surface area (Å²) in [5, 5.41) is 3.24. The SMILES string of the molecule is CC(C)(C)N/C=C1\CCCS1=O. The lowest BCUT2D eigenvalue weighted by molar-refractivity contribution is 0.490. The van der Waals surface area contributed by atoms with Crippen LogP contribution in [0.15, 0.2) is 11.1 Å². The fourth-order valence-electron chi connectivity index (χ4n) is 1.06. The molecule has 0 saturated carbocycles. The van der Waals surface area contributed by atoms with Crippen LogP contribution in [0.2, 0.25) is 0 Å². The van der Waals surface area contributed by atoms with E-state index in [1.54, 1.807) is 0 Å². The number of nitrogens with one attached hydrogen (secondary N) is 1. The van der Waals surface area contributed by atoms with E-state index in [1.807, 2.05) is 6.20 Å². The second kappa shape index (κ2) is 3.60. The van der Waals surface area contributed by atoms with Crippen molar-refractivity contribution >= 4 is 10.8 Å². The summed E-state index contributed by atoms with van der Waals surface area (Å²) in [6.07, 6.45) is 4.00. The van der Waals surface area contributed by atoms with E-state index in [2.05, 4.69) is 26.1 Å². The molecule has 0 aromatic rings. The second-order valence-electron chi connectivity index (χ2n) is 4.16. The van der Waals surface area contributed by atoms with Crippen LogP contribution in [-0.2, 0) is 10.8 Å². The van der Waals surface area contributed by atoms with E-state index in [9.17, 15) is 4.21 Å². The van der Waals surface area contributed by atoms with E-state index in [1.165, 1.54) is 0 Å². The maximum atomic E-state index is 11.3. The van der Waals surface area contributed by atoms with Gasteiger partial charge in [-0.15, -0.1) is 0 Å². The molecule has 1 atom stereocenters. The Bertz CT molecular complexity index is 215. The van der Waals surface area contributed by atoms with Crippen molar-refractivity contribution in [3.05, 3.63) is 11.1 Å². The third kappa shape index (κ3) is 2.97. The van der Waals surface area contributed by atoms with Gasteiger partial charge in [-0.2, -0.15) is 0 Å². The normalized spacial score (nSPS) is 27.9. The molecule has 1 N–H and O–H groups in total. The highest BCUT2D eigenvalue weighted by molar-refractivity contribution is 7.89. The maximum Gasteiger partial charge on any atom is 0.0502 e. The first-order valence-corrected chi connectivity index (χ1v) is 5.66. The van der Waals surface area contributed by atoms with Gasteiger partial charge < -0.3 is 5.32 Å². The van der Waals surface area contributed by atoms with Gasteiger partial charge in [0.2, 0.25) is 0 Å². The molecule has 1 aliphatic rings. The standard InChI is InChI=1S/C9H17NOS/c1-9(2,3)10-7-8-5-4-6-12(8)11/h7,10H,4-6H2,1-3H3/b8-7+. The topological polar surface area (TPSA) is 29.1 Å². The Labute approximate surface area is 76.9 Å². The van der Waals surface area contributed by atoms with Crippen LogP contribution in [0.5, 0.6) is 0 Å². The molecule has 12 heavy (non-hydrogen) atoms. The Balaban J connectivity index is 2.52. The highest BCUT2D eigenvalue weighted by Crippen LogP contribution is 2.19. The molecule has 1 fully saturated rings. The van der Waals surface area contributed by atoms with E-state index < -0.39 is 10.8 Å². The lowest BCUT2D eigenvalue weighted by atomic mass is 10.1. The number of allylic oxidation sites excluding steroid dienone is 1. The summed E-state index contributed by atoms with van der Waals surface area (Å²) in [5.41, 5.74) is 0.0831. The Morgan fingerprint density at radius 2 is 2.17 bits per heavy atom. The van der Waals surface area contributed by atoms with Gasteiger partial charge in [0.15, 0.2) is 0 Å². The maximum absolute atomic E-state index is 11.3. The van der Waals surface area contributed by atoms with Crippen LogP contribution in [0, 0.1) is 0 Å². The van der Waals surface area contributed by atoms with Crippen molar-refractivity contribution in [1.29, 1.82) is 0 Å². The highest BCUT2D eigenvalue weighted by atomic mass is 32.2. The number of rotatable bonds is 1. The average molecular weight is 187 g/mol. The summed E-state index contributed by atoms with van der Waals surface area (Å²) >= 11 is 0. The van der Waals surface area contributed by atoms with Crippen molar-refractivity contribution in [3.63, 3.8) is 0 Å². The predicted octanol–water partition coefficient (Wildman–Crippen LogP) is 1.76. The lowest BCUT2D eigenvalue weighted by Crippen LogP contribution is -2.31. The van der Waals surface area contributed by atoms with Crippen molar-refractivity contribution in [1.82, 2.24) is 5.32 Å². The molecule has 0 spiro atoms. The average Bonchev–Trinajstić information content (AvgIpc) is 2.29. The summed E-state index contributed by atoms with van der Waals surface area (Å²) in [6, 6.07) is 0. The van der Waals surface area contributed by atoms with Crippen LogP contribution in [0.3, 0.4) is 0 Å². The van der Waals surface area contributed by atoms with E-state index in [0.717, 1.165) is 23.5 Å². The molecule has 0 aromatic carbocycles. The molecule has 1 heterocycles. The first-order chi connectivity index (χ1) is 5.49. The smallest absolute Gasteiger partial charge is 0.0502 e. The summed E-state index contributed by atoms with van der Waals surface area (Å²) < 4.78 is 11.3. The molecule has 1 rings (SSSR count). The molecule has 1 unspecified atom stereocenters. The predicted molar refractivity (Wildman–Crippen MR) is 53.2 cm³/mol. The monoisotopic (exact) mass is 187 g/mol. The summed E-state index contributed by atoms with van der Waals surface area (Å²) in [7, 11) is -0.697. The van der Waals surface area contributed by atoms with E-state index in [4.69, 9.17) is 0 Å². The van der Waals surface area contributed by atoms with E-state index in [0.29, 0.717) is 0 Å². The van der Waals surface area contributed by atoms with Gasteiger partial charge in [0.1, 0.15) is 0 Å². The van der Waals surface area contributed by atoms with Gasteiger partial charge in [-0.3, -0.25) is 4.21 Å². The Kier molecular flexibility index (Phi) is 2.94. The molecule has 1 aliphatic heterocycles. The third-order valence-electron chi connectivity index (χ3n) is 1.71. The zero-order valence-corrected chi connectivity index (χ0v) is 8.83. The number of hydrogen-bond acceptors (Lipinski definition) is 2. The lowest BCUT2D eigenvalue weighted by Gasteiger charge is -2.19. The van der Waals surface area contributed by atoms with Gasteiger partial charge in [-0.05, 0) is 33.6 Å². The molecule has 70 valence electrons. The van der Waals surface area contributed by atoms with E-state index >= 15 is 0 Å². The van der Waals surface area contributed by atoms with Crippen molar-refractivity contribution in [2.45, 2.75) is 39.2 Å². The van der Waals surface area contributed by atoms with Gasteiger partial charge in [0, 0.05) is 22.4 Å². The first-order valence-electron chi connectivity index (χ1n) is 4.34. The largest absolute Gasteiger partial charge is 0.386 e. The molecule has 0 amide bonds. The van der Waals surface area contributed by atoms with Crippen molar-refractivity contribution in [3.8, 4) is 0 Å². The van der Waals surface area contributed by atoms with Crippen LogP contribution in [0.25, 0.3) is 0 Å².